The van der Waals surface area contributed by atoms with Crippen LogP contribution in [0.3, 0.4) is 0 Å². The Morgan fingerprint density at radius 1 is 1.25 bits per heavy atom. The highest BCUT2D eigenvalue weighted by Gasteiger charge is 2.47. The van der Waals surface area contributed by atoms with Crippen molar-refractivity contribution >= 4 is 10.4 Å². The summed E-state index contributed by atoms with van der Waals surface area (Å²) >= 11 is 0. The van der Waals surface area contributed by atoms with Gasteiger partial charge in [-0.3, -0.25) is 0 Å². The molecule has 96 valence electrons. The minimum atomic E-state index is -3.92. The molecule has 0 aromatic rings. The molecule has 0 aliphatic carbocycles. The van der Waals surface area contributed by atoms with E-state index in [0.29, 0.717) is 13.2 Å². The molecule has 0 atom stereocenters. The summed E-state index contributed by atoms with van der Waals surface area (Å²) in [7, 11) is -3.92. The Balaban J connectivity index is 2.57. The third kappa shape index (κ3) is 3.41. The van der Waals surface area contributed by atoms with Crippen molar-refractivity contribution in [2.45, 2.75) is 33.3 Å². The number of rotatable bonds is 6. The van der Waals surface area contributed by atoms with Crippen LogP contribution in [0, 0.1) is 11.8 Å². The average molecular weight is 252 g/mol. The molecule has 1 fully saturated rings. The van der Waals surface area contributed by atoms with Crippen LogP contribution < -0.4 is 0 Å². The van der Waals surface area contributed by atoms with Crippen LogP contribution in [-0.4, -0.2) is 33.8 Å². The molecule has 6 heteroatoms. The second-order valence-corrected chi connectivity index (χ2v) is 6.10. The number of ether oxygens (including phenoxy) is 1. The van der Waals surface area contributed by atoms with Gasteiger partial charge in [-0.2, -0.15) is 8.42 Å². The second kappa shape index (κ2) is 5.00. The first-order chi connectivity index (χ1) is 7.27. The Kier molecular flexibility index (Phi) is 4.34. The summed E-state index contributed by atoms with van der Waals surface area (Å²) in [6, 6.07) is 0. The average Bonchev–Trinajstić information content (AvgIpc) is 2.08. The molecule has 0 unspecified atom stereocenters. The van der Waals surface area contributed by atoms with Crippen LogP contribution in [0.2, 0.25) is 0 Å². The van der Waals surface area contributed by atoms with Crippen molar-refractivity contribution in [3.8, 4) is 0 Å². The zero-order valence-electron chi connectivity index (χ0n) is 10.2. The number of hydrogen-bond acceptors (Lipinski definition) is 5. The van der Waals surface area contributed by atoms with Crippen LogP contribution in [-0.2, 0) is 23.5 Å². The summed E-state index contributed by atoms with van der Waals surface area (Å²) in [5.41, 5.74) is -0.740. The molecule has 0 saturated carbocycles. The fourth-order valence-electron chi connectivity index (χ4n) is 1.23. The molecule has 0 bridgehead atoms. The predicted octanol–water partition coefficient (Wildman–Crippen LogP) is 1.35. The van der Waals surface area contributed by atoms with Gasteiger partial charge >= 0.3 is 10.4 Å². The molecule has 1 heterocycles. The van der Waals surface area contributed by atoms with Crippen molar-refractivity contribution in [1.82, 2.24) is 0 Å². The van der Waals surface area contributed by atoms with E-state index in [1.54, 1.807) is 0 Å². The lowest BCUT2D eigenvalue weighted by Crippen LogP contribution is -2.56. The van der Waals surface area contributed by atoms with Crippen molar-refractivity contribution in [3.63, 3.8) is 0 Å². The van der Waals surface area contributed by atoms with Gasteiger partial charge in [0, 0.05) is 0 Å². The van der Waals surface area contributed by atoms with Gasteiger partial charge in [0.25, 0.3) is 0 Å². The van der Waals surface area contributed by atoms with Gasteiger partial charge in [0.1, 0.15) is 5.60 Å². The van der Waals surface area contributed by atoms with Crippen molar-refractivity contribution in [1.29, 1.82) is 0 Å². The van der Waals surface area contributed by atoms with E-state index < -0.39 is 16.0 Å². The molecular formula is C10H20O5S. The molecule has 1 aliphatic heterocycles. The highest BCUT2D eigenvalue weighted by atomic mass is 32.3. The Bertz CT molecular complexity index is 316. The van der Waals surface area contributed by atoms with Crippen molar-refractivity contribution < 1.29 is 21.5 Å². The molecule has 0 aromatic carbocycles. The first-order valence-electron chi connectivity index (χ1n) is 5.45. The van der Waals surface area contributed by atoms with Crippen molar-refractivity contribution in [2.75, 3.05) is 19.8 Å². The van der Waals surface area contributed by atoms with Crippen LogP contribution >= 0.6 is 0 Å². The zero-order valence-corrected chi connectivity index (χ0v) is 11.0. The fraction of sp³-hybridized carbons (Fsp3) is 1.00. The molecular weight excluding hydrogens is 232 g/mol. The lowest BCUT2D eigenvalue weighted by atomic mass is 9.89. The standard InChI is InChI=1S/C10H20O5S/c1-8(2)5-14-16(11,12)15-10(9(3)4)6-13-7-10/h8-9H,5-7H2,1-4H3. The maximum Gasteiger partial charge on any atom is 0.400 e. The maximum atomic E-state index is 11.5. The van der Waals surface area contributed by atoms with Crippen LogP contribution in [0.15, 0.2) is 0 Å². The molecule has 0 spiro atoms. The van der Waals surface area contributed by atoms with Gasteiger partial charge in [-0.1, -0.05) is 27.7 Å². The van der Waals surface area contributed by atoms with Crippen LogP contribution in [0.4, 0.5) is 0 Å². The first-order valence-corrected chi connectivity index (χ1v) is 6.78. The normalized spacial score (nSPS) is 20.1. The van der Waals surface area contributed by atoms with Gasteiger partial charge in [-0.15, -0.1) is 0 Å². The van der Waals surface area contributed by atoms with E-state index in [-0.39, 0.29) is 18.4 Å². The van der Waals surface area contributed by atoms with Crippen LogP contribution in [0.25, 0.3) is 0 Å². The summed E-state index contributed by atoms with van der Waals surface area (Å²) in [6.07, 6.45) is 0. The monoisotopic (exact) mass is 252 g/mol. The Morgan fingerprint density at radius 2 is 1.81 bits per heavy atom. The summed E-state index contributed by atoms with van der Waals surface area (Å²) in [5.74, 6) is 0.213. The minimum absolute atomic E-state index is 0.0682. The smallest absolute Gasteiger partial charge is 0.375 e. The highest BCUT2D eigenvalue weighted by molar-refractivity contribution is 7.81. The fourth-order valence-corrected chi connectivity index (χ4v) is 2.41. The molecule has 1 rings (SSSR count). The second-order valence-electron chi connectivity index (χ2n) is 4.88. The number of hydrogen-bond donors (Lipinski definition) is 0. The zero-order chi connectivity index (χ0) is 12.4. The van der Waals surface area contributed by atoms with Gasteiger partial charge in [0.05, 0.1) is 19.8 Å². The Hall–Kier alpha value is -0.170. The van der Waals surface area contributed by atoms with Gasteiger partial charge in [0.15, 0.2) is 0 Å². The molecule has 0 radical (unpaired) electrons. The molecule has 5 nitrogen and oxygen atoms in total. The lowest BCUT2D eigenvalue weighted by Gasteiger charge is -2.42. The Labute approximate surface area is 97.4 Å². The van der Waals surface area contributed by atoms with E-state index in [1.165, 1.54) is 0 Å². The van der Waals surface area contributed by atoms with Crippen LogP contribution in [0.1, 0.15) is 27.7 Å². The third-order valence-electron chi connectivity index (χ3n) is 2.56. The van der Waals surface area contributed by atoms with Gasteiger partial charge < -0.3 is 4.74 Å². The summed E-state index contributed by atoms with van der Waals surface area (Å²) in [5, 5.41) is 0. The van der Waals surface area contributed by atoms with Gasteiger partial charge in [-0.05, 0) is 11.8 Å². The maximum absolute atomic E-state index is 11.5. The summed E-state index contributed by atoms with van der Waals surface area (Å²) < 4.78 is 38.0. The SMILES string of the molecule is CC(C)COS(=O)(=O)OC1(C(C)C)COC1. The molecule has 0 N–H and O–H groups in total. The largest absolute Gasteiger partial charge is 0.400 e. The summed E-state index contributed by atoms with van der Waals surface area (Å²) in [4.78, 5) is 0. The van der Waals surface area contributed by atoms with E-state index in [9.17, 15) is 8.42 Å². The molecule has 1 aliphatic rings. The highest BCUT2D eigenvalue weighted by Crippen LogP contribution is 2.32. The van der Waals surface area contributed by atoms with E-state index in [1.807, 2.05) is 27.7 Å². The van der Waals surface area contributed by atoms with E-state index >= 15 is 0 Å². The van der Waals surface area contributed by atoms with Gasteiger partial charge in [0.2, 0.25) is 0 Å². The van der Waals surface area contributed by atoms with E-state index in [0.717, 1.165) is 0 Å². The molecule has 0 aromatic heterocycles. The topological polar surface area (TPSA) is 61.8 Å². The summed E-state index contributed by atoms with van der Waals surface area (Å²) in [6.45, 7) is 8.29. The van der Waals surface area contributed by atoms with E-state index in [2.05, 4.69) is 0 Å². The lowest BCUT2D eigenvalue weighted by molar-refractivity contribution is -0.186. The predicted molar refractivity (Wildman–Crippen MR) is 59.2 cm³/mol. The van der Waals surface area contributed by atoms with E-state index in [4.69, 9.17) is 13.1 Å². The van der Waals surface area contributed by atoms with Crippen molar-refractivity contribution in [2.24, 2.45) is 11.8 Å². The quantitative estimate of drug-likeness (QED) is 0.714. The van der Waals surface area contributed by atoms with Crippen molar-refractivity contribution in [3.05, 3.63) is 0 Å². The Morgan fingerprint density at radius 3 is 2.12 bits per heavy atom. The molecule has 16 heavy (non-hydrogen) atoms. The minimum Gasteiger partial charge on any atom is -0.375 e. The first kappa shape index (κ1) is 13.9. The van der Waals surface area contributed by atoms with Gasteiger partial charge in [-0.25, -0.2) is 8.37 Å². The molecule has 0 amide bonds. The third-order valence-corrected chi connectivity index (χ3v) is 3.52. The molecule has 1 saturated heterocycles. The van der Waals surface area contributed by atoms with Crippen LogP contribution in [0.5, 0.6) is 0 Å².